The minimum Gasteiger partial charge on any atom is -0.134 e. The smallest absolute Gasteiger partial charge is 0.0638 e. The molecule has 0 N–H and O–H groups in total. The molecule has 21 rings (SSSR count). The van der Waals surface area contributed by atoms with Crippen LogP contribution in [0, 0.1) is 0 Å². The third kappa shape index (κ3) is 8.89. The Bertz CT molecular complexity index is 10300. The molecule has 2 aromatic heterocycles. The highest BCUT2D eigenvalue weighted by Crippen LogP contribution is 2.53. The average molecular weight is 1330 g/mol. The molecule has 0 saturated heterocycles. The Morgan fingerprint density at radius 3 is 0.888 bits per heavy atom. The second-order valence-electron chi connectivity index (χ2n) is 21.5. The Kier molecular flexibility index (Phi) is 5.44. The van der Waals surface area contributed by atoms with Crippen LogP contribution >= 0.6 is 22.7 Å². The maximum absolute atomic E-state index is 10.1. The summed E-state index contributed by atoms with van der Waals surface area (Å²) in [6.07, 6.45) is 0. The van der Waals surface area contributed by atoms with Crippen molar-refractivity contribution in [2.24, 2.45) is 0 Å². The van der Waals surface area contributed by atoms with Crippen molar-refractivity contribution in [3.63, 3.8) is 0 Å². The predicted molar refractivity (Wildman–Crippen MR) is 429 cm³/mol. The lowest BCUT2D eigenvalue weighted by molar-refractivity contribution is 1.63. The fourth-order valence-electron chi connectivity index (χ4n) is 12.4. The molecule has 0 atom stereocenters. The molecule has 0 spiro atoms. The molecule has 19 aromatic carbocycles. The summed E-state index contributed by atoms with van der Waals surface area (Å²) in [6, 6.07) is -51.9. The Labute approximate surface area is 655 Å². The molecule has 0 fully saturated rings. The van der Waals surface area contributed by atoms with E-state index >= 15 is 0 Å². The van der Waals surface area contributed by atoms with Crippen molar-refractivity contribution in [2.45, 2.75) is 0 Å². The average Bonchev–Trinajstić information content (AvgIpc) is 1.58. The zero-order valence-electron chi connectivity index (χ0n) is 107. The van der Waals surface area contributed by atoms with Gasteiger partial charge in [0.05, 0.1) is 79.5 Å². The van der Waals surface area contributed by atoms with Crippen molar-refractivity contribution < 1.29 is 79.5 Å². The first kappa shape index (κ1) is 23.4. The lowest BCUT2D eigenvalue weighted by Gasteiger charge is -2.19. The number of hydrogen-bond donors (Lipinski definition) is 0. The number of hydrogen-bond acceptors (Lipinski definition) is 2. The summed E-state index contributed by atoms with van der Waals surface area (Å²) < 4.78 is 525. The first-order chi connectivity index (χ1) is 72.8. The van der Waals surface area contributed by atoms with Gasteiger partial charge < -0.3 is 0 Å². The Morgan fingerprint density at radius 1 is 0.173 bits per heavy atom. The van der Waals surface area contributed by atoms with Crippen LogP contribution in [0.4, 0.5) is 0 Å². The lowest BCUT2D eigenvalue weighted by atomic mass is 9.84. The van der Waals surface area contributed by atoms with Crippen molar-refractivity contribution in [1.82, 2.24) is 0 Å². The zero-order valence-corrected chi connectivity index (χ0v) is 50.4. The van der Waals surface area contributed by atoms with E-state index in [1.165, 1.54) is 0 Å². The van der Waals surface area contributed by atoms with Gasteiger partial charge >= 0.3 is 0 Å². The van der Waals surface area contributed by atoms with E-state index in [4.69, 9.17) is 50.7 Å². The zero-order chi connectivity index (χ0) is 115. The quantitative estimate of drug-likeness (QED) is 0.146. The van der Waals surface area contributed by atoms with Gasteiger partial charge in [-0.15, -0.1) is 22.7 Å². The van der Waals surface area contributed by atoms with Gasteiger partial charge in [-0.1, -0.05) is 326 Å². The summed E-state index contributed by atoms with van der Waals surface area (Å²) >= 11 is 1.18. The summed E-state index contributed by atoms with van der Waals surface area (Å²) in [5.41, 5.74) is -8.69. The highest BCUT2D eigenvalue weighted by Gasteiger charge is 2.24. The van der Waals surface area contributed by atoms with E-state index in [0.717, 1.165) is 0 Å². The van der Waals surface area contributed by atoms with Crippen molar-refractivity contribution in [2.75, 3.05) is 0 Å². The van der Waals surface area contributed by atoms with Crippen LogP contribution < -0.4 is 0 Å². The van der Waals surface area contributed by atoms with Crippen LogP contribution in [0.2, 0.25) is 0 Å². The van der Waals surface area contributed by atoms with Crippen LogP contribution in [-0.2, 0) is 0 Å². The number of rotatable bonds is 6. The summed E-state index contributed by atoms with van der Waals surface area (Å²) in [5, 5.41) is -11.6. The van der Waals surface area contributed by atoms with Gasteiger partial charge in [0.1, 0.15) is 0 Å². The summed E-state index contributed by atoms with van der Waals surface area (Å²) in [5.74, 6) is 0. The maximum atomic E-state index is 10.1. The van der Waals surface area contributed by atoms with Gasteiger partial charge in [-0.3, -0.25) is 0 Å². The van der Waals surface area contributed by atoms with Crippen LogP contribution in [0.15, 0.2) is 350 Å². The van der Waals surface area contributed by atoms with Gasteiger partial charge in [-0.05, 0) is 177 Å². The van der Waals surface area contributed by atoms with E-state index in [0.29, 0.717) is 22.7 Å². The van der Waals surface area contributed by atoms with Crippen molar-refractivity contribution in [1.29, 1.82) is 0 Å². The van der Waals surface area contributed by atoms with Crippen LogP contribution in [0.25, 0.3) is 204 Å². The molecule has 0 unspecified atom stereocenters. The van der Waals surface area contributed by atoms with Crippen LogP contribution in [0.3, 0.4) is 0 Å². The van der Waals surface area contributed by atoms with Gasteiger partial charge in [-0.25, -0.2) is 0 Å². The fraction of sp³-hybridized carbons (Fsp3) is 0. The van der Waals surface area contributed by atoms with Gasteiger partial charge in [0.25, 0.3) is 0 Å². The molecule has 0 aliphatic carbocycles. The molecule has 2 heterocycles. The standard InChI is InChI=1S/C50H30S.C46H28S/c1-4-16-36-31(12-1)15-11-23-37(36)33-24-26-34(27-25-33)46-40-19-7-9-21-42(40)47(43-22-10-8-20-41(43)46)44-30-35-14-3-6-18-39(35)49-48-38-17-5-2-13-32(38)28-29-45(48)51-50(44)49;1-2-13-31(14-3-1)42-36-18-8-10-20-38(36)43(39-21-11-9-19-37(39)42)32-24-22-30(23-25-32)40-28-33-15-5-7-17-35(33)45-44-34-16-6-4-12-29(34)26-27-41(44)47-46(40)45/h1-30H;1-28H/i1D,2D,3D,4D,5D,6D,7D,8D,9D,10D,11D,12D,13D,14D,15D,16D,17D,18D,19D,20D,21D,22D,23D,24D,25D,26D,27D,28D,29D,30D;1D,2D,3D,4D,5D,6D,7D,8D,9D,10D,11D,12D,13D,14D,15D,16D,17D,18D,19D,20D,21D,22D,23D,24D,25D,26D,27D,28D. The molecule has 2 heteroatoms. The third-order valence-electron chi connectivity index (χ3n) is 16.4. The summed E-state index contributed by atoms with van der Waals surface area (Å²) in [4.78, 5) is 0. The normalized spacial score (nSPS) is 20.2. The fourth-order valence-corrected chi connectivity index (χ4v) is 14.8. The third-order valence-corrected chi connectivity index (χ3v) is 18.7. The molecular formula is C96H58S2. The van der Waals surface area contributed by atoms with E-state index in [-0.39, 0.29) is 56.5 Å². The van der Waals surface area contributed by atoms with Crippen molar-refractivity contribution >= 4 is 160 Å². The summed E-state index contributed by atoms with van der Waals surface area (Å²) in [7, 11) is 0. The van der Waals surface area contributed by atoms with Gasteiger partial charge in [0.2, 0.25) is 0 Å². The molecule has 0 aliphatic rings. The van der Waals surface area contributed by atoms with E-state index in [2.05, 4.69) is 0 Å². The molecule has 0 aliphatic heterocycles. The van der Waals surface area contributed by atoms with Gasteiger partial charge in [-0.2, -0.15) is 0 Å². The lowest BCUT2D eigenvalue weighted by Crippen LogP contribution is -1.91. The van der Waals surface area contributed by atoms with E-state index < -0.39 is 498 Å². The number of thiophene rings is 2. The van der Waals surface area contributed by atoms with Crippen molar-refractivity contribution in [3.05, 3.63) is 350 Å². The van der Waals surface area contributed by atoms with E-state index in [1.807, 2.05) is 0 Å². The monoisotopic (exact) mass is 1330 g/mol. The second-order valence-corrected chi connectivity index (χ2v) is 23.6. The maximum Gasteiger partial charge on any atom is 0.0638 e. The number of benzene rings is 19. The first-order valence-corrected chi connectivity index (χ1v) is 30.7. The first-order valence-electron chi connectivity index (χ1n) is 58.1. The number of fused-ring (bicyclic) bond motifs is 19. The van der Waals surface area contributed by atoms with Crippen molar-refractivity contribution in [3.8, 4) is 66.8 Å². The van der Waals surface area contributed by atoms with Crippen LogP contribution in [-0.4, -0.2) is 0 Å². The Balaban J connectivity index is 0.000000188. The molecule has 0 amide bonds. The molecule has 0 saturated carbocycles. The van der Waals surface area contributed by atoms with Crippen LogP contribution in [0.1, 0.15) is 79.5 Å². The van der Waals surface area contributed by atoms with Gasteiger partial charge in [0, 0.05) is 51.5 Å². The van der Waals surface area contributed by atoms with Crippen LogP contribution in [0.5, 0.6) is 0 Å². The molecule has 21 aromatic rings. The Hall–Kier alpha value is -12.0. The SMILES string of the molecule is [2H]c1c([2H])c(-c2c3c([2H])c([2H])c([2H])c([2H])c3c(-c3c([2H])c4c([2H])c([2H])c([2H])c([2H])c4c4c3sc3c([2H])c([2H])c5c([2H])c([2H])c([2H])c([2H])c5c34)c3c([2H])c([2H])c([2H])c([2H])c23)c([2H])c([2H])c1-c1c([2H])c([2H])c([2H])c2c([2H])c([2H])c([2H])c([2H])c12.[2H]c1c([2H])c([2H])c(-c2c3c([2H])c([2H])c([2H])c([2H])c3c(-c3c([2H])c([2H])c(-c4c([2H])c5c([2H])c([2H])c([2H])c([2H])c5c5c4sc4c([2H])c([2H])c6c([2H])c([2H])c([2H])c([2H])c6c45)c([2H])c3[2H])c3c([2H])c([2H])c([2H])c([2H])c23)c([2H])c1[2H]. The molecule has 454 valence electrons. The minimum atomic E-state index is -1.11. The largest absolute Gasteiger partial charge is 0.134 e. The Morgan fingerprint density at radius 2 is 0.459 bits per heavy atom. The van der Waals surface area contributed by atoms with E-state index in [1.54, 1.807) is 0 Å². The topological polar surface area (TPSA) is 0 Å². The molecule has 0 nitrogen and oxygen atoms in total. The molecule has 98 heavy (non-hydrogen) atoms. The highest BCUT2D eigenvalue weighted by molar-refractivity contribution is 7.27. The molecular weight excluding hydrogens is 1220 g/mol. The van der Waals surface area contributed by atoms with Gasteiger partial charge in [0.15, 0.2) is 0 Å². The summed E-state index contributed by atoms with van der Waals surface area (Å²) in [6.45, 7) is 0. The second kappa shape index (κ2) is 22.8. The molecule has 0 radical (unpaired) electrons. The predicted octanol–water partition coefficient (Wildman–Crippen LogP) is 28.5. The highest BCUT2D eigenvalue weighted by atomic mass is 32.1. The van der Waals surface area contributed by atoms with E-state index in [9.17, 15) is 28.8 Å². The molecule has 0 bridgehead atoms. The minimum absolute atomic E-state index is 0.180.